The predicted octanol–water partition coefficient (Wildman–Crippen LogP) is 4.71. The number of hydrogen-bond acceptors (Lipinski definition) is 1. The van der Waals surface area contributed by atoms with Gasteiger partial charge < -0.3 is 4.90 Å². The summed E-state index contributed by atoms with van der Waals surface area (Å²) in [5, 5.41) is 0. The predicted molar refractivity (Wildman–Crippen MR) is 72.5 cm³/mol. The van der Waals surface area contributed by atoms with Crippen molar-refractivity contribution >= 4 is 0 Å². The Morgan fingerprint density at radius 2 is 1.20 bits per heavy atom. The molecule has 1 fully saturated rings. The van der Waals surface area contributed by atoms with Gasteiger partial charge in [0.25, 0.3) is 0 Å². The van der Waals surface area contributed by atoms with E-state index in [4.69, 9.17) is 0 Å². The Labute approximate surface area is 98.2 Å². The smallest absolute Gasteiger partial charge is 0.00187 e. The Kier molecular flexibility index (Phi) is 19.0. The highest BCUT2D eigenvalue weighted by molar-refractivity contribution is 4.61. The lowest BCUT2D eigenvalue weighted by Crippen LogP contribution is -2.25. The van der Waals surface area contributed by atoms with Crippen LogP contribution in [0.2, 0.25) is 0 Å². The van der Waals surface area contributed by atoms with E-state index in [1.54, 1.807) is 0 Å². The molecule has 1 aliphatic rings. The van der Waals surface area contributed by atoms with Crippen LogP contribution >= 0.6 is 0 Å². The lowest BCUT2D eigenvalue weighted by Gasteiger charge is -2.17. The van der Waals surface area contributed by atoms with E-state index in [9.17, 15) is 0 Å². The summed E-state index contributed by atoms with van der Waals surface area (Å²) in [6.45, 7) is 14.5. The molecule has 94 valence electrons. The third kappa shape index (κ3) is 14.0. The van der Waals surface area contributed by atoms with Crippen LogP contribution in [-0.4, -0.2) is 24.5 Å². The molecule has 1 aliphatic heterocycles. The van der Waals surface area contributed by atoms with Gasteiger partial charge in [-0.1, -0.05) is 53.9 Å². The Balaban J connectivity index is 0. The maximum absolute atomic E-state index is 2.60. The quantitative estimate of drug-likeness (QED) is 0.644. The van der Waals surface area contributed by atoms with Gasteiger partial charge in [0, 0.05) is 0 Å². The van der Waals surface area contributed by atoms with Crippen LogP contribution in [0.4, 0.5) is 0 Å². The second-order valence-corrected chi connectivity index (χ2v) is 3.96. The van der Waals surface area contributed by atoms with E-state index in [0.717, 1.165) is 0 Å². The van der Waals surface area contributed by atoms with E-state index in [-0.39, 0.29) is 0 Å². The fraction of sp³-hybridized carbons (Fsp3) is 1.00. The van der Waals surface area contributed by atoms with Crippen LogP contribution in [0, 0.1) is 0 Å². The zero-order valence-electron chi connectivity index (χ0n) is 11.8. The molecular weight excluding hydrogens is 182 g/mol. The maximum atomic E-state index is 2.60. The molecule has 0 saturated carbocycles. The van der Waals surface area contributed by atoms with Crippen molar-refractivity contribution in [2.24, 2.45) is 0 Å². The van der Waals surface area contributed by atoms with Gasteiger partial charge in [0.1, 0.15) is 0 Å². The first kappa shape index (κ1) is 17.4. The van der Waals surface area contributed by atoms with Gasteiger partial charge in [-0.05, 0) is 38.9 Å². The van der Waals surface area contributed by atoms with Crippen molar-refractivity contribution in [1.29, 1.82) is 0 Å². The van der Waals surface area contributed by atoms with Crippen molar-refractivity contribution in [3.63, 3.8) is 0 Å². The standard InChI is InChI=1S/C9H19N.C3H8.C2H6/c1-2-7-10-8-5-3-4-6-9-10;1-3-2;1-2/h2-9H2,1H3;3H2,1-2H3;1-2H3. The Morgan fingerprint density at radius 1 is 0.800 bits per heavy atom. The van der Waals surface area contributed by atoms with Crippen molar-refractivity contribution < 1.29 is 0 Å². The van der Waals surface area contributed by atoms with Crippen LogP contribution in [0.3, 0.4) is 0 Å². The summed E-state index contributed by atoms with van der Waals surface area (Å²) >= 11 is 0. The molecule has 0 N–H and O–H groups in total. The van der Waals surface area contributed by atoms with Gasteiger partial charge in [-0.25, -0.2) is 0 Å². The Bertz CT molecular complexity index is 83.3. The second-order valence-electron chi connectivity index (χ2n) is 3.96. The summed E-state index contributed by atoms with van der Waals surface area (Å²) in [5.41, 5.74) is 0. The number of nitrogens with zero attached hydrogens (tertiary/aromatic N) is 1. The van der Waals surface area contributed by atoms with Crippen LogP contribution < -0.4 is 0 Å². The number of hydrogen-bond donors (Lipinski definition) is 0. The third-order valence-electron chi connectivity index (χ3n) is 2.24. The van der Waals surface area contributed by atoms with Gasteiger partial charge in [-0.3, -0.25) is 0 Å². The first-order chi connectivity index (χ1) is 7.35. The Hall–Kier alpha value is -0.0400. The molecule has 1 rings (SSSR count). The number of likely N-dealkylation sites (tertiary alicyclic amines) is 1. The van der Waals surface area contributed by atoms with Crippen molar-refractivity contribution in [1.82, 2.24) is 4.90 Å². The van der Waals surface area contributed by atoms with Crippen molar-refractivity contribution in [3.05, 3.63) is 0 Å². The van der Waals surface area contributed by atoms with Crippen molar-refractivity contribution in [2.45, 2.75) is 73.1 Å². The highest BCUT2D eigenvalue weighted by atomic mass is 15.1. The van der Waals surface area contributed by atoms with E-state index in [1.807, 2.05) is 13.8 Å². The molecule has 1 heteroatoms. The molecule has 0 amide bonds. The van der Waals surface area contributed by atoms with Crippen LogP contribution in [-0.2, 0) is 0 Å². The van der Waals surface area contributed by atoms with Gasteiger partial charge in [-0.15, -0.1) is 0 Å². The summed E-state index contributed by atoms with van der Waals surface area (Å²) in [4.78, 5) is 2.60. The topological polar surface area (TPSA) is 3.24 Å². The van der Waals surface area contributed by atoms with Crippen LogP contribution in [0.5, 0.6) is 0 Å². The molecule has 0 aliphatic carbocycles. The zero-order chi connectivity index (χ0) is 11.9. The Morgan fingerprint density at radius 3 is 1.53 bits per heavy atom. The number of rotatable bonds is 2. The van der Waals surface area contributed by atoms with Gasteiger partial charge in [0.05, 0.1) is 0 Å². The molecule has 0 bridgehead atoms. The molecule has 0 radical (unpaired) electrons. The molecule has 0 aromatic heterocycles. The normalized spacial score (nSPS) is 16.6. The van der Waals surface area contributed by atoms with E-state index in [1.165, 1.54) is 58.2 Å². The first-order valence-electron chi connectivity index (χ1n) is 7.07. The lowest BCUT2D eigenvalue weighted by atomic mass is 10.2. The van der Waals surface area contributed by atoms with Gasteiger partial charge in [0.2, 0.25) is 0 Å². The zero-order valence-corrected chi connectivity index (χ0v) is 11.8. The van der Waals surface area contributed by atoms with Gasteiger partial charge >= 0.3 is 0 Å². The van der Waals surface area contributed by atoms with E-state index in [0.29, 0.717) is 0 Å². The minimum atomic E-state index is 1.25. The molecule has 1 nitrogen and oxygen atoms in total. The minimum absolute atomic E-state index is 1.25. The van der Waals surface area contributed by atoms with Crippen LogP contribution in [0.1, 0.15) is 73.1 Å². The summed E-state index contributed by atoms with van der Waals surface area (Å²) in [6, 6.07) is 0. The molecule has 0 unspecified atom stereocenters. The molecular formula is C14H33N. The minimum Gasteiger partial charge on any atom is -0.303 e. The molecule has 1 heterocycles. The average molecular weight is 215 g/mol. The van der Waals surface area contributed by atoms with Crippen molar-refractivity contribution in [3.8, 4) is 0 Å². The fourth-order valence-electron chi connectivity index (χ4n) is 1.68. The fourth-order valence-corrected chi connectivity index (χ4v) is 1.68. The molecule has 0 aromatic carbocycles. The van der Waals surface area contributed by atoms with Crippen LogP contribution in [0.25, 0.3) is 0 Å². The summed E-state index contributed by atoms with van der Waals surface area (Å²) in [5.74, 6) is 0. The molecule has 0 atom stereocenters. The van der Waals surface area contributed by atoms with Gasteiger partial charge in [-0.2, -0.15) is 0 Å². The maximum Gasteiger partial charge on any atom is -0.00187 e. The molecule has 1 saturated heterocycles. The highest BCUT2D eigenvalue weighted by Crippen LogP contribution is 2.09. The van der Waals surface area contributed by atoms with E-state index < -0.39 is 0 Å². The molecule has 15 heavy (non-hydrogen) atoms. The summed E-state index contributed by atoms with van der Waals surface area (Å²) < 4.78 is 0. The van der Waals surface area contributed by atoms with Crippen LogP contribution in [0.15, 0.2) is 0 Å². The van der Waals surface area contributed by atoms with Gasteiger partial charge in [0.15, 0.2) is 0 Å². The highest BCUT2D eigenvalue weighted by Gasteiger charge is 2.06. The average Bonchev–Trinajstić information content (AvgIpc) is 2.51. The summed E-state index contributed by atoms with van der Waals surface area (Å²) in [6.07, 6.45) is 8.35. The second kappa shape index (κ2) is 16.4. The van der Waals surface area contributed by atoms with E-state index in [2.05, 4.69) is 25.7 Å². The van der Waals surface area contributed by atoms with E-state index >= 15 is 0 Å². The third-order valence-corrected chi connectivity index (χ3v) is 2.24. The molecule has 0 spiro atoms. The summed E-state index contributed by atoms with van der Waals surface area (Å²) in [7, 11) is 0. The first-order valence-corrected chi connectivity index (χ1v) is 7.07. The molecule has 0 aromatic rings. The monoisotopic (exact) mass is 215 g/mol. The largest absolute Gasteiger partial charge is 0.303 e. The lowest BCUT2D eigenvalue weighted by molar-refractivity contribution is 0.286. The SMILES string of the molecule is CC.CCC.CCCN1CCCCCC1. The van der Waals surface area contributed by atoms with Crippen molar-refractivity contribution in [2.75, 3.05) is 19.6 Å².